The van der Waals surface area contributed by atoms with Crippen LogP contribution in [0.25, 0.3) is 0 Å². The smallest absolute Gasteiger partial charge is 0.254 e. The highest BCUT2D eigenvalue weighted by atomic mass is 19.1. The molecule has 0 radical (unpaired) electrons. The van der Waals surface area contributed by atoms with E-state index in [1.807, 2.05) is 6.92 Å². The molecule has 2 aromatic rings. The van der Waals surface area contributed by atoms with Crippen molar-refractivity contribution >= 4 is 11.8 Å². The predicted molar refractivity (Wildman–Crippen MR) is 88.6 cm³/mol. The molecule has 0 atom stereocenters. The summed E-state index contributed by atoms with van der Waals surface area (Å²) in [6, 6.07) is 9.36. The molecule has 0 aromatic heterocycles. The van der Waals surface area contributed by atoms with E-state index in [1.165, 1.54) is 0 Å². The summed E-state index contributed by atoms with van der Waals surface area (Å²) in [7, 11) is 0. The van der Waals surface area contributed by atoms with Crippen LogP contribution in [0.15, 0.2) is 42.5 Å². The molecule has 0 heterocycles. The van der Waals surface area contributed by atoms with Crippen molar-refractivity contribution < 1.29 is 23.1 Å². The van der Waals surface area contributed by atoms with Gasteiger partial charge in [0.25, 0.3) is 11.8 Å². The van der Waals surface area contributed by atoms with Gasteiger partial charge in [-0.15, -0.1) is 0 Å². The third kappa shape index (κ3) is 5.27. The summed E-state index contributed by atoms with van der Waals surface area (Å²) in [5.41, 5.74) is 0.207. The van der Waals surface area contributed by atoms with Crippen molar-refractivity contribution in [2.75, 3.05) is 19.7 Å². The highest BCUT2D eigenvalue weighted by Crippen LogP contribution is 2.12. The van der Waals surface area contributed by atoms with Crippen LogP contribution in [0.1, 0.15) is 27.6 Å². The molecular formula is C18H18F2N2O3. The summed E-state index contributed by atoms with van der Waals surface area (Å²) < 4.78 is 31.6. The zero-order chi connectivity index (χ0) is 18.2. The number of hydrogen-bond donors (Lipinski definition) is 2. The molecule has 0 fully saturated rings. The average molecular weight is 348 g/mol. The Morgan fingerprint density at radius 1 is 0.960 bits per heavy atom. The normalized spacial score (nSPS) is 10.2. The van der Waals surface area contributed by atoms with E-state index in [9.17, 15) is 18.4 Å². The molecule has 5 nitrogen and oxygen atoms in total. The zero-order valence-corrected chi connectivity index (χ0v) is 13.6. The van der Waals surface area contributed by atoms with Gasteiger partial charge in [0, 0.05) is 24.7 Å². The maximum atomic E-state index is 13.5. The van der Waals surface area contributed by atoms with E-state index < -0.39 is 17.5 Å². The molecular weight excluding hydrogens is 330 g/mol. The van der Waals surface area contributed by atoms with Crippen LogP contribution in [0.3, 0.4) is 0 Å². The summed E-state index contributed by atoms with van der Waals surface area (Å²) in [4.78, 5) is 23.7. The summed E-state index contributed by atoms with van der Waals surface area (Å²) in [5.74, 6) is -1.99. The molecule has 0 aliphatic heterocycles. The highest BCUT2D eigenvalue weighted by molar-refractivity contribution is 5.95. The lowest BCUT2D eigenvalue weighted by molar-refractivity contribution is 0.0925. The predicted octanol–water partition coefficient (Wildman–Crippen LogP) is 2.52. The molecule has 25 heavy (non-hydrogen) atoms. The lowest BCUT2D eigenvalue weighted by Gasteiger charge is -2.08. The summed E-state index contributed by atoms with van der Waals surface area (Å²) in [6.07, 6.45) is 0. The molecule has 132 valence electrons. The van der Waals surface area contributed by atoms with Gasteiger partial charge in [0.15, 0.2) is 0 Å². The first-order chi connectivity index (χ1) is 12.0. The molecule has 0 bridgehead atoms. The Bertz CT molecular complexity index is 748. The number of carbonyl (C=O) groups is 2. The quantitative estimate of drug-likeness (QED) is 0.756. The van der Waals surface area contributed by atoms with Crippen molar-refractivity contribution in [1.82, 2.24) is 10.6 Å². The average Bonchev–Trinajstić information content (AvgIpc) is 2.59. The Hall–Kier alpha value is -2.96. The van der Waals surface area contributed by atoms with Crippen LogP contribution in [0.4, 0.5) is 8.78 Å². The minimum Gasteiger partial charge on any atom is -0.494 e. The second-order valence-corrected chi connectivity index (χ2v) is 5.09. The first-order valence-electron chi connectivity index (χ1n) is 7.75. The Balaban J connectivity index is 1.78. The molecule has 2 rings (SSSR count). The van der Waals surface area contributed by atoms with Crippen LogP contribution in [0.2, 0.25) is 0 Å². The van der Waals surface area contributed by atoms with E-state index in [0.29, 0.717) is 24.0 Å². The topological polar surface area (TPSA) is 67.4 Å². The monoisotopic (exact) mass is 348 g/mol. The molecule has 2 amide bonds. The fourth-order valence-electron chi connectivity index (χ4n) is 2.09. The standard InChI is InChI=1S/C18H18F2N2O3/c1-2-25-14-6-3-12(4-7-14)17(23)21-9-10-22-18(24)15-8-5-13(19)11-16(15)20/h3-8,11H,2,9-10H2,1H3,(H,21,23)(H,22,24). The third-order valence-electron chi connectivity index (χ3n) is 3.30. The summed E-state index contributed by atoms with van der Waals surface area (Å²) in [5, 5.41) is 5.09. The van der Waals surface area contributed by atoms with Crippen molar-refractivity contribution in [2.45, 2.75) is 6.92 Å². The SMILES string of the molecule is CCOc1ccc(C(=O)NCCNC(=O)c2ccc(F)cc2F)cc1. The van der Waals surface area contributed by atoms with E-state index in [2.05, 4.69) is 10.6 Å². The van der Waals surface area contributed by atoms with E-state index in [0.717, 1.165) is 12.1 Å². The Morgan fingerprint density at radius 2 is 1.60 bits per heavy atom. The number of rotatable bonds is 7. The lowest BCUT2D eigenvalue weighted by atomic mass is 10.2. The Labute approximate surface area is 144 Å². The molecule has 0 saturated heterocycles. The third-order valence-corrected chi connectivity index (χ3v) is 3.30. The number of nitrogens with one attached hydrogen (secondary N) is 2. The van der Waals surface area contributed by atoms with Crippen LogP contribution in [0.5, 0.6) is 5.75 Å². The van der Waals surface area contributed by atoms with Crippen LogP contribution >= 0.6 is 0 Å². The molecule has 0 unspecified atom stereocenters. The summed E-state index contributed by atoms with van der Waals surface area (Å²) >= 11 is 0. The number of hydrogen-bond acceptors (Lipinski definition) is 3. The second kappa shape index (κ2) is 8.77. The van der Waals surface area contributed by atoms with Crippen molar-refractivity contribution in [3.63, 3.8) is 0 Å². The highest BCUT2D eigenvalue weighted by Gasteiger charge is 2.12. The molecule has 7 heteroatoms. The van der Waals surface area contributed by atoms with E-state index in [4.69, 9.17) is 4.74 Å². The van der Waals surface area contributed by atoms with E-state index in [-0.39, 0.29) is 24.6 Å². The molecule has 2 N–H and O–H groups in total. The number of ether oxygens (including phenoxy) is 1. The van der Waals surface area contributed by atoms with Crippen LogP contribution < -0.4 is 15.4 Å². The van der Waals surface area contributed by atoms with Gasteiger partial charge in [-0.1, -0.05) is 0 Å². The van der Waals surface area contributed by atoms with Gasteiger partial charge >= 0.3 is 0 Å². The molecule has 0 aliphatic carbocycles. The van der Waals surface area contributed by atoms with Gasteiger partial charge in [-0.3, -0.25) is 9.59 Å². The van der Waals surface area contributed by atoms with Gasteiger partial charge in [0.2, 0.25) is 0 Å². The number of benzene rings is 2. The molecule has 0 aliphatic rings. The minimum atomic E-state index is -0.934. The van der Waals surface area contributed by atoms with Crippen LogP contribution in [0, 0.1) is 11.6 Å². The summed E-state index contributed by atoms with van der Waals surface area (Å²) in [6.45, 7) is 2.69. The second-order valence-electron chi connectivity index (χ2n) is 5.09. The lowest BCUT2D eigenvalue weighted by Crippen LogP contribution is -2.35. The maximum absolute atomic E-state index is 13.5. The van der Waals surface area contributed by atoms with Gasteiger partial charge in [0.05, 0.1) is 12.2 Å². The van der Waals surface area contributed by atoms with Crippen molar-refractivity contribution in [2.24, 2.45) is 0 Å². The molecule has 2 aromatic carbocycles. The van der Waals surface area contributed by atoms with Crippen molar-refractivity contribution in [3.05, 3.63) is 65.2 Å². The van der Waals surface area contributed by atoms with Crippen molar-refractivity contribution in [1.29, 1.82) is 0 Å². The first kappa shape index (κ1) is 18.4. The maximum Gasteiger partial charge on any atom is 0.254 e. The van der Waals surface area contributed by atoms with Crippen LogP contribution in [-0.2, 0) is 0 Å². The minimum absolute atomic E-state index is 0.110. The fourth-order valence-corrected chi connectivity index (χ4v) is 2.09. The van der Waals surface area contributed by atoms with Gasteiger partial charge in [-0.25, -0.2) is 8.78 Å². The van der Waals surface area contributed by atoms with Gasteiger partial charge < -0.3 is 15.4 Å². The number of amides is 2. The van der Waals surface area contributed by atoms with Gasteiger partial charge in [0.1, 0.15) is 17.4 Å². The first-order valence-corrected chi connectivity index (χ1v) is 7.75. The largest absolute Gasteiger partial charge is 0.494 e. The van der Waals surface area contributed by atoms with Gasteiger partial charge in [-0.05, 0) is 43.3 Å². The van der Waals surface area contributed by atoms with E-state index >= 15 is 0 Å². The molecule has 0 saturated carbocycles. The van der Waals surface area contributed by atoms with E-state index in [1.54, 1.807) is 24.3 Å². The zero-order valence-electron chi connectivity index (χ0n) is 13.6. The van der Waals surface area contributed by atoms with Crippen LogP contribution in [-0.4, -0.2) is 31.5 Å². The number of halogens is 2. The number of carbonyl (C=O) groups excluding carboxylic acids is 2. The van der Waals surface area contributed by atoms with Crippen molar-refractivity contribution in [3.8, 4) is 5.75 Å². The molecule has 0 spiro atoms. The Morgan fingerprint density at radius 3 is 2.20 bits per heavy atom. The van der Waals surface area contributed by atoms with Gasteiger partial charge in [-0.2, -0.15) is 0 Å². The fraction of sp³-hybridized carbons (Fsp3) is 0.222. The Kier molecular flexibility index (Phi) is 6.45.